The summed E-state index contributed by atoms with van der Waals surface area (Å²) in [5.74, 6) is 0. The van der Waals surface area contributed by atoms with Gasteiger partial charge in [0.05, 0.1) is 0 Å². The van der Waals surface area contributed by atoms with Crippen LogP contribution in [0.2, 0.25) is 0 Å². The molecular weight excluding hydrogens is 212 g/mol. The van der Waals surface area contributed by atoms with Gasteiger partial charge in [-0.25, -0.2) is 0 Å². The van der Waals surface area contributed by atoms with E-state index in [4.69, 9.17) is 0 Å². The van der Waals surface area contributed by atoms with Gasteiger partial charge in [0.1, 0.15) is 0 Å². The number of rotatable bonds is 1. The lowest BCUT2D eigenvalue weighted by Gasteiger charge is -2.04. The van der Waals surface area contributed by atoms with Crippen molar-refractivity contribution in [2.45, 2.75) is 6.92 Å². The standard InChI is InChI=1S/C15H12S/c1-11-5-7-12(8-6-11)13-3-2-4-15-14(13)9-10-16-15/h2-10H,1H3. The maximum Gasteiger partial charge on any atom is 0.0348 e. The van der Waals surface area contributed by atoms with Crippen molar-refractivity contribution in [1.82, 2.24) is 0 Å². The zero-order valence-corrected chi connectivity index (χ0v) is 9.92. The number of thiophene rings is 1. The Balaban J connectivity index is 2.25. The zero-order valence-electron chi connectivity index (χ0n) is 9.10. The van der Waals surface area contributed by atoms with E-state index in [1.54, 1.807) is 11.3 Å². The summed E-state index contributed by atoms with van der Waals surface area (Å²) in [5.41, 5.74) is 3.94. The van der Waals surface area contributed by atoms with E-state index in [0.29, 0.717) is 0 Å². The fourth-order valence-electron chi connectivity index (χ4n) is 1.98. The van der Waals surface area contributed by atoms with E-state index in [1.165, 1.54) is 26.8 Å². The molecular formula is C15H12S. The Morgan fingerprint density at radius 2 is 1.69 bits per heavy atom. The third-order valence-corrected chi connectivity index (χ3v) is 3.74. The lowest BCUT2D eigenvalue weighted by atomic mass is 10.0. The molecule has 2 aromatic carbocycles. The van der Waals surface area contributed by atoms with Gasteiger partial charge in [0.2, 0.25) is 0 Å². The summed E-state index contributed by atoms with van der Waals surface area (Å²) in [4.78, 5) is 0. The van der Waals surface area contributed by atoms with Crippen LogP contribution in [0, 0.1) is 6.92 Å². The van der Waals surface area contributed by atoms with Crippen molar-refractivity contribution in [3.8, 4) is 11.1 Å². The van der Waals surface area contributed by atoms with Gasteiger partial charge in [0, 0.05) is 10.1 Å². The van der Waals surface area contributed by atoms with Gasteiger partial charge >= 0.3 is 0 Å². The topological polar surface area (TPSA) is 0 Å². The molecule has 0 saturated heterocycles. The highest BCUT2D eigenvalue weighted by Crippen LogP contribution is 2.31. The predicted octanol–water partition coefficient (Wildman–Crippen LogP) is 4.88. The minimum absolute atomic E-state index is 1.30. The van der Waals surface area contributed by atoms with Gasteiger partial charge in [0.15, 0.2) is 0 Å². The number of aryl methyl sites for hydroxylation is 1. The molecule has 3 rings (SSSR count). The minimum Gasteiger partial charge on any atom is -0.144 e. The van der Waals surface area contributed by atoms with E-state index < -0.39 is 0 Å². The second-order valence-corrected chi connectivity index (χ2v) is 4.95. The van der Waals surface area contributed by atoms with Gasteiger partial charge in [-0.2, -0.15) is 0 Å². The molecule has 0 aliphatic carbocycles. The fraction of sp³-hybridized carbons (Fsp3) is 0.0667. The van der Waals surface area contributed by atoms with Crippen LogP contribution < -0.4 is 0 Å². The van der Waals surface area contributed by atoms with Crippen LogP contribution in [0.5, 0.6) is 0 Å². The average molecular weight is 224 g/mol. The van der Waals surface area contributed by atoms with Crippen molar-refractivity contribution in [3.05, 3.63) is 59.5 Å². The number of hydrogen-bond acceptors (Lipinski definition) is 1. The SMILES string of the molecule is Cc1ccc(-c2cccc3sccc23)cc1. The van der Waals surface area contributed by atoms with Crippen LogP contribution in [-0.4, -0.2) is 0 Å². The first-order valence-electron chi connectivity index (χ1n) is 5.38. The fourth-order valence-corrected chi connectivity index (χ4v) is 2.79. The Labute approximate surface area is 99.2 Å². The van der Waals surface area contributed by atoms with Gasteiger partial charge in [-0.1, -0.05) is 42.0 Å². The van der Waals surface area contributed by atoms with Crippen LogP contribution in [0.1, 0.15) is 5.56 Å². The molecule has 0 nitrogen and oxygen atoms in total. The normalized spacial score (nSPS) is 10.8. The first-order valence-corrected chi connectivity index (χ1v) is 6.26. The molecule has 0 fully saturated rings. The maximum absolute atomic E-state index is 2.20. The second-order valence-electron chi connectivity index (χ2n) is 4.00. The van der Waals surface area contributed by atoms with Crippen molar-refractivity contribution < 1.29 is 0 Å². The van der Waals surface area contributed by atoms with E-state index in [0.717, 1.165) is 0 Å². The van der Waals surface area contributed by atoms with Gasteiger partial charge in [-0.15, -0.1) is 11.3 Å². The molecule has 0 amide bonds. The molecule has 0 spiro atoms. The molecule has 0 radical (unpaired) electrons. The van der Waals surface area contributed by atoms with Gasteiger partial charge < -0.3 is 0 Å². The highest BCUT2D eigenvalue weighted by atomic mass is 32.1. The molecule has 0 aliphatic rings. The van der Waals surface area contributed by atoms with E-state index >= 15 is 0 Å². The summed E-state index contributed by atoms with van der Waals surface area (Å²) >= 11 is 1.80. The number of fused-ring (bicyclic) bond motifs is 1. The third-order valence-electron chi connectivity index (χ3n) is 2.86. The smallest absolute Gasteiger partial charge is 0.0348 e. The Hall–Kier alpha value is -1.60. The Morgan fingerprint density at radius 1 is 0.875 bits per heavy atom. The predicted molar refractivity (Wildman–Crippen MR) is 72.0 cm³/mol. The molecule has 1 heterocycles. The highest BCUT2D eigenvalue weighted by molar-refractivity contribution is 7.17. The van der Waals surface area contributed by atoms with Crippen LogP contribution in [0.3, 0.4) is 0 Å². The van der Waals surface area contributed by atoms with E-state index in [1.807, 2.05) is 0 Å². The summed E-state index contributed by atoms with van der Waals surface area (Å²) in [7, 11) is 0. The van der Waals surface area contributed by atoms with Gasteiger partial charge in [-0.3, -0.25) is 0 Å². The summed E-state index contributed by atoms with van der Waals surface area (Å²) in [6.45, 7) is 2.12. The average Bonchev–Trinajstić information content (AvgIpc) is 2.78. The molecule has 0 aliphatic heterocycles. The lowest BCUT2D eigenvalue weighted by Crippen LogP contribution is -1.78. The molecule has 0 bridgehead atoms. The van der Waals surface area contributed by atoms with Crippen LogP contribution >= 0.6 is 11.3 Å². The monoisotopic (exact) mass is 224 g/mol. The molecule has 16 heavy (non-hydrogen) atoms. The zero-order chi connectivity index (χ0) is 11.0. The summed E-state index contributed by atoms with van der Waals surface area (Å²) in [6.07, 6.45) is 0. The van der Waals surface area contributed by atoms with Gasteiger partial charge in [-0.05, 0) is 35.6 Å². The molecule has 0 unspecified atom stereocenters. The van der Waals surface area contributed by atoms with E-state index in [-0.39, 0.29) is 0 Å². The van der Waals surface area contributed by atoms with Crippen LogP contribution in [0.25, 0.3) is 21.2 Å². The van der Waals surface area contributed by atoms with Crippen molar-refractivity contribution in [3.63, 3.8) is 0 Å². The summed E-state index contributed by atoms with van der Waals surface area (Å²) in [5, 5.41) is 3.51. The first-order chi connectivity index (χ1) is 7.84. The molecule has 0 atom stereocenters. The third kappa shape index (κ3) is 1.54. The number of benzene rings is 2. The van der Waals surface area contributed by atoms with Crippen LogP contribution in [-0.2, 0) is 0 Å². The largest absolute Gasteiger partial charge is 0.144 e. The summed E-state index contributed by atoms with van der Waals surface area (Å²) < 4.78 is 1.36. The van der Waals surface area contributed by atoms with Crippen LogP contribution in [0.4, 0.5) is 0 Å². The lowest BCUT2D eigenvalue weighted by molar-refractivity contribution is 1.47. The van der Waals surface area contributed by atoms with Gasteiger partial charge in [0.25, 0.3) is 0 Å². The van der Waals surface area contributed by atoms with Crippen molar-refractivity contribution in [2.75, 3.05) is 0 Å². The first kappa shape index (κ1) is 9.61. The van der Waals surface area contributed by atoms with Crippen LogP contribution in [0.15, 0.2) is 53.9 Å². The quantitative estimate of drug-likeness (QED) is 0.553. The van der Waals surface area contributed by atoms with Crippen molar-refractivity contribution in [2.24, 2.45) is 0 Å². The molecule has 1 heteroatoms. The van der Waals surface area contributed by atoms with Crippen molar-refractivity contribution >= 4 is 21.4 Å². The Bertz CT molecular complexity index is 617. The van der Waals surface area contributed by atoms with Crippen molar-refractivity contribution in [1.29, 1.82) is 0 Å². The highest BCUT2D eigenvalue weighted by Gasteiger charge is 2.03. The Kier molecular flexibility index (Phi) is 2.26. The molecule has 78 valence electrons. The van der Waals surface area contributed by atoms with E-state index in [2.05, 4.69) is 60.8 Å². The second kappa shape index (κ2) is 3.76. The molecule has 3 aromatic rings. The Morgan fingerprint density at radius 3 is 2.50 bits per heavy atom. The number of hydrogen-bond donors (Lipinski definition) is 0. The molecule has 1 aromatic heterocycles. The molecule has 0 N–H and O–H groups in total. The minimum atomic E-state index is 1.30. The van der Waals surface area contributed by atoms with E-state index in [9.17, 15) is 0 Å². The molecule has 0 saturated carbocycles. The summed E-state index contributed by atoms with van der Waals surface area (Å²) in [6, 6.07) is 17.4. The maximum atomic E-state index is 2.20.